The number of nitrogens with zero attached hydrogens (tertiary/aromatic N) is 1. The molecule has 2 aromatic carbocycles. The number of ether oxygens (including phenoxy) is 3. The van der Waals surface area contributed by atoms with Crippen molar-refractivity contribution in [1.82, 2.24) is 4.90 Å². The number of anilines is 1. The third-order valence-electron chi connectivity index (χ3n) is 5.01. The summed E-state index contributed by atoms with van der Waals surface area (Å²) in [4.78, 5) is 14.6. The monoisotopic (exact) mass is 412 g/mol. The van der Waals surface area contributed by atoms with E-state index in [9.17, 15) is 4.79 Å². The van der Waals surface area contributed by atoms with E-state index < -0.39 is 0 Å². The maximum Gasteiger partial charge on any atom is 0.224 e. The fraction of sp³-hybridized carbons (Fsp3) is 0.458. The van der Waals surface area contributed by atoms with Gasteiger partial charge < -0.3 is 19.5 Å². The van der Waals surface area contributed by atoms with Gasteiger partial charge in [0.05, 0.1) is 26.4 Å². The summed E-state index contributed by atoms with van der Waals surface area (Å²) in [5.41, 5.74) is 2.11. The zero-order valence-corrected chi connectivity index (χ0v) is 17.8. The van der Waals surface area contributed by atoms with Crippen LogP contribution in [0.5, 0.6) is 11.5 Å². The maximum absolute atomic E-state index is 12.2. The molecule has 1 heterocycles. The van der Waals surface area contributed by atoms with E-state index in [4.69, 9.17) is 14.2 Å². The molecule has 30 heavy (non-hydrogen) atoms. The van der Waals surface area contributed by atoms with Crippen molar-refractivity contribution in [3.63, 3.8) is 0 Å². The molecule has 1 saturated heterocycles. The lowest BCUT2D eigenvalue weighted by atomic mass is 10.1. The Hall–Kier alpha value is -2.57. The topological polar surface area (TPSA) is 60.0 Å². The number of benzene rings is 2. The van der Waals surface area contributed by atoms with Gasteiger partial charge >= 0.3 is 0 Å². The number of hydrogen-bond donors (Lipinski definition) is 1. The van der Waals surface area contributed by atoms with Crippen LogP contribution in [0.3, 0.4) is 0 Å². The molecule has 6 nitrogen and oxygen atoms in total. The Balaban J connectivity index is 1.34. The predicted molar refractivity (Wildman–Crippen MR) is 118 cm³/mol. The molecule has 1 N–H and O–H groups in total. The molecule has 2 aromatic rings. The van der Waals surface area contributed by atoms with Gasteiger partial charge in [0.15, 0.2) is 11.5 Å². The van der Waals surface area contributed by atoms with Crippen molar-refractivity contribution < 1.29 is 19.0 Å². The smallest absolute Gasteiger partial charge is 0.224 e. The van der Waals surface area contributed by atoms with Gasteiger partial charge in [-0.2, -0.15) is 0 Å². The van der Waals surface area contributed by atoms with Gasteiger partial charge in [0, 0.05) is 31.7 Å². The molecule has 0 atom stereocenters. The Morgan fingerprint density at radius 2 is 1.73 bits per heavy atom. The third kappa shape index (κ3) is 7.35. The zero-order valence-electron chi connectivity index (χ0n) is 17.8. The summed E-state index contributed by atoms with van der Waals surface area (Å²) in [5, 5.41) is 2.96. The molecule has 0 bridgehead atoms. The Kier molecular flexibility index (Phi) is 9.00. The first-order chi connectivity index (χ1) is 14.7. The van der Waals surface area contributed by atoms with Crippen molar-refractivity contribution >= 4 is 11.6 Å². The van der Waals surface area contributed by atoms with E-state index in [1.165, 1.54) is 5.56 Å². The van der Waals surface area contributed by atoms with Crippen LogP contribution in [0, 0.1) is 0 Å². The molecule has 3 rings (SSSR count). The van der Waals surface area contributed by atoms with E-state index in [1.54, 1.807) is 0 Å². The van der Waals surface area contributed by atoms with Crippen LogP contribution < -0.4 is 14.8 Å². The molecule has 0 radical (unpaired) electrons. The summed E-state index contributed by atoms with van der Waals surface area (Å²) in [6.07, 6.45) is 2.06. The van der Waals surface area contributed by atoms with Crippen LogP contribution in [0.1, 0.15) is 25.3 Å². The van der Waals surface area contributed by atoms with E-state index in [-0.39, 0.29) is 5.91 Å². The molecule has 1 aliphatic heterocycles. The van der Waals surface area contributed by atoms with Gasteiger partial charge in [-0.1, -0.05) is 24.3 Å². The average Bonchev–Trinajstić information content (AvgIpc) is 2.78. The van der Waals surface area contributed by atoms with Gasteiger partial charge in [0.2, 0.25) is 5.91 Å². The highest BCUT2D eigenvalue weighted by Crippen LogP contribution is 2.26. The van der Waals surface area contributed by atoms with Crippen molar-refractivity contribution in [2.24, 2.45) is 0 Å². The molecule has 1 fully saturated rings. The summed E-state index contributed by atoms with van der Waals surface area (Å²) in [5.74, 6) is 1.45. The van der Waals surface area contributed by atoms with Crippen LogP contribution in [0.15, 0.2) is 48.5 Å². The summed E-state index contributed by atoms with van der Waals surface area (Å²) in [6, 6.07) is 15.7. The largest absolute Gasteiger partial charge is 0.490 e. The SMILES string of the molecule is CCOc1ccccc1OCCCC(=O)Nc1ccc(CCN2CCOCC2)cc1. The summed E-state index contributed by atoms with van der Waals surface area (Å²) < 4.78 is 16.7. The molecule has 0 unspecified atom stereocenters. The number of nitrogens with one attached hydrogen (secondary N) is 1. The zero-order chi connectivity index (χ0) is 21.0. The maximum atomic E-state index is 12.2. The third-order valence-corrected chi connectivity index (χ3v) is 5.01. The van der Waals surface area contributed by atoms with Crippen LogP contribution in [-0.4, -0.2) is 56.9 Å². The van der Waals surface area contributed by atoms with Crippen LogP contribution >= 0.6 is 0 Å². The van der Waals surface area contributed by atoms with Gasteiger partial charge in [-0.3, -0.25) is 9.69 Å². The normalized spacial score (nSPS) is 14.3. The standard InChI is InChI=1S/C24H32N2O4/c1-2-29-22-6-3-4-7-23(22)30-17-5-8-24(27)25-21-11-9-20(10-12-21)13-14-26-15-18-28-19-16-26/h3-4,6-7,9-12H,2,5,8,13-19H2,1H3,(H,25,27). The lowest BCUT2D eigenvalue weighted by Gasteiger charge is -2.26. The first kappa shape index (κ1) is 22.1. The lowest BCUT2D eigenvalue weighted by molar-refractivity contribution is -0.116. The highest BCUT2D eigenvalue weighted by molar-refractivity contribution is 5.90. The molecular weight excluding hydrogens is 380 g/mol. The first-order valence-electron chi connectivity index (χ1n) is 10.8. The number of rotatable bonds is 11. The molecule has 0 saturated carbocycles. The first-order valence-corrected chi connectivity index (χ1v) is 10.8. The second-order valence-electron chi connectivity index (χ2n) is 7.28. The van der Waals surface area contributed by atoms with Crippen LogP contribution in [0.4, 0.5) is 5.69 Å². The minimum atomic E-state index is -0.00207. The molecule has 6 heteroatoms. The Labute approximate surface area is 179 Å². The van der Waals surface area contributed by atoms with Crippen molar-refractivity contribution in [2.75, 3.05) is 51.4 Å². The number of para-hydroxylation sites is 2. The van der Waals surface area contributed by atoms with Crippen molar-refractivity contribution in [3.8, 4) is 11.5 Å². The Bertz CT molecular complexity index is 773. The van der Waals surface area contributed by atoms with Crippen LogP contribution in [-0.2, 0) is 16.0 Å². The number of amides is 1. The van der Waals surface area contributed by atoms with E-state index >= 15 is 0 Å². The van der Waals surface area contributed by atoms with Gasteiger partial charge in [-0.25, -0.2) is 0 Å². The summed E-state index contributed by atoms with van der Waals surface area (Å²) >= 11 is 0. The fourth-order valence-electron chi connectivity index (χ4n) is 3.35. The van der Waals surface area contributed by atoms with Gasteiger partial charge in [0.25, 0.3) is 0 Å². The second-order valence-corrected chi connectivity index (χ2v) is 7.28. The van der Waals surface area contributed by atoms with Crippen LogP contribution in [0.2, 0.25) is 0 Å². The Morgan fingerprint density at radius 3 is 2.43 bits per heavy atom. The Morgan fingerprint density at radius 1 is 1.03 bits per heavy atom. The van der Waals surface area contributed by atoms with E-state index in [0.717, 1.165) is 50.7 Å². The van der Waals surface area contributed by atoms with E-state index in [1.807, 2.05) is 43.3 Å². The summed E-state index contributed by atoms with van der Waals surface area (Å²) in [6.45, 7) is 7.72. The number of carbonyl (C=O) groups excluding carboxylic acids is 1. The van der Waals surface area contributed by atoms with Gasteiger partial charge in [-0.05, 0) is 49.6 Å². The van der Waals surface area contributed by atoms with Crippen LogP contribution in [0.25, 0.3) is 0 Å². The minimum Gasteiger partial charge on any atom is -0.490 e. The molecule has 162 valence electrons. The molecular formula is C24H32N2O4. The van der Waals surface area contributed by atoms with Gasteiger partial charge in [0.1, 0.15) is 0 Å². The highest BCUT2D eigenvalue weighted by Gasteiger charge is 2.10. The number of morpholine rings is 1. The number of hydrogen-bond acceptors (Lipinski definition) is 5. The van der Waals surface area contributed by atoms with Crippen molar-refractivity contribution in [3.05, 3.63) is 54.1 Å². The minimum absolute atomic E-state index is 0.00207. The predicted octanol–water partition coefficient (Wildman–Crippen LogP) is 3.76. The van der Waals surface area contributed by atoms with E-state index in [0.29, 0.717) is 31.8 Å². The van der Waals surface area contributed by atoms with Crippen molar-refractivity contribution in [2.45, 2.75) is 26.2 Å². The molecule has 0 aromatic heterocycles. The number of carbonyl (C=O) groups is 1. The molecule has 0 aliphatic carbocycles. The fourth-order valence-corrected chi connectivity index (χ4v) is 3.35. The molecule has 0 spiro atoms. The molecule has 1 amide bonds. The molecule has 1 aliphatic rings. The van der Waals surface area contributed by atoms with E-state index in [2.05, 4.69) is 22.3 Å². The summed E-state index contributed by atoms with van der Waals surface area (Å²) in [7, 11) is 0. The van der Waals surface area contributed by atoms with Crippen molar-refractivity contribution in [1.29, 1.82) is 0 Å². The lowest BCUT2D eigenvalue weighted by Crippen LogP contribution is -2.37. The second kappa shape index (κ2) is 12.2. The highest BCUT2D eigenvalue weighted by atomic mass is 16.5. The average molecular weight is 413 g/mol. The quantitative estimate of drug-likeness (QED) is 0.570. The van der Waals surface area contributed by atoms with Gasteiger partial charge in [-0.15, -0.1) is 0 Å².